The summed E-state index contributed by atoms with van der Waals surface area (Å²) in [5.74, 6) is 0.648. The number of carbonyl (C=O) groups is 1. The molecule has 3 rings (SSSR count). The van der Waals surface area contributed by atoms with Crippen LogP contribution in [0, 0.1) is 6.92 Å². The lowest BCUT2D eigenvalue weighted by Gasteiger charge is -2.11. The van der Waals surface area contributed by atoms with Crippen LogP contribution in [0.1, 0.15) is 31.2 Å². The minimum absolute atomic E-state index is 0.0514. The van der Waals surface area contributed by atoms with Gasteiger partial charge in [0.1, 0.15) is 0 Å². The molecule has 5 nitrogen and oxygen atoms in total. The summed E-state index contributed by atoms with van der Waals surface area (Å²) in [4.78, 5) is 29.1. The molecular weight excluding hydrogens is 306 g/mol. The number of aromatic nitrogens is 2. The number of amides is 1. The first-order valence-corrected chi connectivity index (χ1v) is 8.86. The van der Waals surface area contributed by atoms with E-state index in [-0.39, 0.29) is 16.7 Å². The summed E-state index contributed by atoms with van der Waals surface area (Å²) < 4.78 is 1.61. The lowest BCUT2D eigenvalue weighted by molar-refractivity contribution is -0.120. The Labute approximate surface area is 130 Å². The van der Waals surface area contributed by atoms with Crippen molar-refractivity contribution in [2.24, 2.45) is 0 Å². The van der Waals surface area contributed by atoms with Crippen LogP contribution in [-0.4, -0.2) is 26.6 Å². The molecule has 1 aliphatic carbocycles. The molecule has 0 saturated heterocycles. The average molecular weight is 323 g/mol. The van der Waals surface area contributed by atoms with E-state index in [1.54, 1.807) is 10.5 Å². The molecule has 1 aliphatic rings. The van der Waals surface area contributed by atoms with Gasteiger partial charge in [0, 0.05) is 28.9 Å². The van der Waals surface area contributed by atoms with Crippen LogP contribution in [0.4, 0.5) is 0 Å². The molecule has 1 unspecified atom stereocenters. The van der Waals surface area contributed by atoms with Crippen molar-refractivity contribution in [3.63, 3.8) is 0 Å². The van der Waals surface area contributed by atoms with Crippen LogP contribution in [0.5, 0.6) is 0 Å². The Morgan fingerprint density at radius 2 is 2.38 bits per heavy atom. The van der Waals surface area contributed by atoms with Crippen LogP contribution in [-0.2, 0) is 10.5 Å². The second kappa shape index (κ2) is 5.81. The van der Waals surface area contributed by atoms with E-state index >= 15 is 0 Å². The maximum atomic E-state index is 12.1. The van der Waals surface area contributed by atoms with Crippen molar-refractivity contribution >= 4 is 34.0 Å². The van der Waals surface area contributed by atoms with Gasteiger partial charge in [-0.2, -0.15) is 0 Å². The maximum absolute atomic E-state index is 12.1. The second-order valence-electron chi connectivity index (χ2n) is 5.32. The van der Waals surface area contributed by atoms with E-state index in [0.29, 0.717) is 16.8 Å². The maximum Gasteiger partial charge on any atom is 0.258 e. The molecule has 1 N–H and O–H groups in total. The van der Waals surface area contributed by atoms with Crippen LogP contribution in [0.3, 0.4) is 0 Å². The number of thioether (sulfide) groups is 1. The van der Waals surface area contributed by atoms with Crippen molar-refractivity contribution in [3.05, 3.63) is 33.2 Å². The van der Waals surface area contributed by atoms with Gasteiger partial charge in [0.2, 0.25) is 5.91 Å². The van der Waals surface area contributed by atoms with Crippen LogP contribution in [0.25, 0.3) is 4.96 Å². The fraction of sp³-hybridized carbons (Fsp3) is 0.500. The highest BCUT2D eigenvalue weighted by Crippen LogP contribution is 2.22. The van der Waals surface area contributed by atoms with Gasteiger partial charge in [0.05, 0.1) is 10.9 Å². The van der Waals surface area contributed by atoms with Gasteiger partial charge in [-0.15, -0.1) is 23.1 Å². The molecule has 0 aliphatic heterocycles. The first-order valence-electron chi connectivity index (χ1n) is 6.93. The smallest absolute Gasteiger partial charge is 0.258 e. The predicted molar refractivity (Wildman–Crippen MR) is 86.0 cm³/mol. The Morgan fingerprint density at radius 3 is 3.10 bits per heavy atom. The van der Waals surface area contributed by atoms with Crippen LogP contribution in [0.2, 0.25) is 0 Å². The molecule has 1 fully saturated rings. The molecule has 0 radical (unpaired) electrons. The molecule has 2 aromatic rings. The van der Waals surface area contributed by atoms with Crippen molar-refractivity contribution in [3.8, 4) is 0 Å². The number of hydrogen-bond acceptors (Lipinski definition) is 5. The number of hydrogen-bond donors (Lipinski definition) is 1. The number of nitrogens with zero attached hydrogens (tertiary/aromatic N) is 2. The highest BCUT2D eigenvalue weighted by molar-refractivity contribution is 7.99. The lowest BCUT2D eigenvalue weighted by Crippen LogP contribution is -2.32. The minimum Gasteiger partial charge on any atom is -0.352 e. The minimum atomic E-state index is -0.129. The summed E-state index contributed by atoms with van der Waals surface area (Å²) in [6, 6.07) is 1.94. The molecule has 21 heavy (non-hydrogen) atoms. The van der Waals surface area contributed by atoms with Gasteiger partial charge in [0.25, 0.3) is 5.56 Å². The van der Waals surface area contributed by atoms with Crippen LogP contribution in [0.15, 0.2) is 16.2 Å². The number of thiazole rings is 1. The molecule has 1 saturated carbocycles. The largest absolute Gasteiger partial charge is 0.352 e. The summed E-state index contributed by atoms with van der Waals surface area (Å²) in [7, 11) is 0. The van der Waals surface area contributed by atoms with E-state index in [2.05, 4.69) is 10.3 Å². The Hall–Kier alpha value is -1.34. The van der Waals surface area contributed by atoms with E-state index in [0.717, 1.165) is 24.2 Å². The second-order valence-corrected chi connectivity index (χ2v) is 7.48. The number of nitrogens with one attached hydrogen (secondary N) is 1. The predicted octanol–water partition coefficient (Wildman–Crippen LogP) is 1.96. The van der Waals surface area contributed by atoms with Crippen molar-refractivity contribution in [1.82, 2.24) is 14.7 Å². The van der Waals surface area contributed by atoms with E-state index in [4.69, 9.17) is 0 Å². The third-order valence-electron chi connectivity index (χ3n) is 3.40. The highest BCUT2D eigenvalue weighted by atomic mass is 32.2. The van der Waals surface area contributed by atoms with Crippen LogP contribution >= 0.6 is 23.1 Å². The zero-order chi connectivity index (χ0) is 15.0. The molecule has 0 spiro atoms. The van der Waals surface area contributed by atoms with Crippen molar-refractivity contribution in [2.45, 2.75) is 43.7 Å². The topological polar surface area (TPSA) is 63.5 Å². The van der Waals surface area contributed by atoms with E-state index in [1.807, 2.05) is 19.2 Å². The van der Waals surface area contributed by atoms with E-state index in [1.165, 1.54) is 23.1 Å². The fourth-order valence-electron chi connectivity index (χ4n) is 2.01. The molecule has 1 atom stereocenters. The zero-order valence-electron chi connectivity index (χ0n) is 12.0. The van der Waals surface area contributed by atoms with Crippen molar-refractivity contribution in [2.75, 3.05) is 0 Å². The Morgan fingerprint density at radius 1 is 1.62 bits per heavy atom. The highest BCUT2D eigenvalue weighted by Gasteiger charge is 2.25. The van der Waals surface area contributed by atoms with Gasteiger partial charge in [-0.3, -0.25) is 14.0 Å². The standard InChI is InChI=1S/C14H17N3O2S2/c1-8-6-21-14-16-11(5-12(18)17(8)14)7-20-9(2)13(19)15-10-3-4-10/h5-6,9-10H,3-4,7H2,1-2H3,(H,15,19). The summed E-state index contributed by atoms with van der Waals surface area (Å²) in [5, 5.41) is 4.78. The average Bonchev–Trinajstić information content (AvgIpc) is 3.18. The number of carbonyl (C=O) groups excluding carboxylic acids is 1. The first kappa shape index (κ1) is 14.6. The summed E-state index contributed by atoms with van der Waals surface area (Å²) >= 11 is 2.98. The molecule has 2 aromatic heterocycles. The van der Waals surface area contributed by atoms with Gasteiger partial charge >= 0.3 is 0 Å². The van der Waals surface area contributed by atoms with Gasteiger partial charge in [0.15, 0.2) is 4.96 Å². The molecule has 112 valence electrons. The molecule has 0 aromatic carbocycles. The SMILES string of the molecule is Cc1csc2nc(CSC(C)C(=O)NC3CC3)cc(=O)n12. The fourth-order valence-corrected chi connectivity index (χ4v) is 3.69. The third kappa shape index (κ3) is 3.29. The van der Waals surface area contributed by atoms with E-state index in [9.17, 15) is 9.59 Å². The van der Waals surface area contributed by atoms with Crippen molar-refractivity contribution in [1.29, 1.82) is 0 Å². The number of fused-ring (bicyclic) bond motifs is 1. The molecule has 7 heteroatoms. The molecule has 2 heterocycles. The number of rotatable bonds is 5. The van der Waals surface area contributed by atoms with Gasteiger partial charge in [-0.1, -0.05) is 0 Å². The summed E-state index contributed by atoms with van der Waals surface area (Å²) in [6.45, 7) is 3.79. The Kier molecular flexibility index (Phi) is 4.03. The quantitative estimate of drug-likeness (QED) is 0.914. The van der Waals surface area contributed by atoms with Crippen molar-refractivity contribution < 1.29 is 4.79 Å². The number of aryl methyl sites for hydroxylation is 1. The summed E-state index contributed by atoms with van der Waals surface area (Å²) in [5.41, 5.74) is 1.59. The molecular formula is C14H17N3O2S2. The summed E-state index contributed by atoms with van der Waals surface area (Å²) in [6.07, 6.45) is 2.19. The van der Waals surface area contributed by atoms with E-state index < -0.39 is 0 Å². The molecule has 0 bridgehead atoms. The third-order valence-corrected chi connectivity index (χ3v) is 5.52. The Balaban J connectivity index is 1.67. The zero-order valence-corrected chi connectivity index (χ0v) is 13.6. The van der Waals surface area contributed by atoms with Gasteiger partial charge in [-0.05, 0) is 26.7 Å². The Bertz CT molecular complexity index is 733. The molecule has 1 amide bonds. The first-order chi connectivity index (χ1) is 10.0. The normalized spacial score (nSPS) is 16.1. The monoisotopic (exact) mass is 323 g/mol. The lowest BCUT2D eigenvalue weighted by atomic mass is 10.4. The van der Waals surface area contributed by atoms with Crippen LogP contribution < -0.4 is 10.9 Å². The van der Waals surface area contributed by atoms with Gasteiger partial charge < -0.3 is 5.32 Å². The van der Waals surface area contributed by atoms with Gasteiger partial charge in [-0.25, -0.2) is 4.98 Å².